The molecule has 0 bridgehead atoms. The average Bonchev–Trinajstić information content (AvgIpc) is 2.62. The standard InChI is InChI=1S/C6H12O7.C6H14O6.Fe/c7-1-2(8)3(9)4(10)5(11)6(12)13;7-1-3(9)5(11)6(12)4(10)2-8;/h2-5,7-11H,1H2,(H,12,13);3-12H,1-2H2;/q;;+3. The van der Waals surface area contributed by atoms with Gasteiger partial charge in [-0.05, 0) is 0 Å². The third-order valence-corrected chi connectivity index (χ3v) is 3.02. The smallest absolute Gasteiger partial charge is 0.479 e. The van der Waals surface area contributed by atoms with Gasteiger partial charge in [-0.15, -0.1) is 0 Å². The molecule has 0 aliphatic rings. The maximum absolute atomic E-state index is 10.1. The van der Waals surface area contributed by atoms with E-state index in [-0.39, 0.29) is 17.1 Å². The molecule has 0 amide bonds. The monoisotopic (exact) mass is 434 g/mol. The molecule has 0 aromatic carbocycles. The summed E-state index contributed by atoms with van der Waals surface area (Å²) in [6, 6.07) is 0. The second-order valence-corrected chi connectivity index (χ2v) is 5.00. The van der Waals surface area contributed by atoms with Crippen molar-refractivity contribution in [3.8, 4) is 0 Å². The Morgan fingerprint density at radius 3 is 1.00 bits per heavy atom. The van der Waals surface area contributed by atoms with Crippen LogP contribution in [0.15, 0.2) is 0 Å². The first-order chi connectivity index (χ1) is 11.5. The van der Waals surface area contributed by atoms with Gasteiger partial charge in [0.05, 0.1) is 19.8 Å². The summed E-state index contributed by atoms with van der Waals surface area (Å²) in [7, 11) is 0. The Balaban J connectivity index is -0.000000393. The fraction of sp³-hybridized carbons (Fsp3) is 0.917. The van der Waals surface area contributed by atoms with E-state index in [1.54, 1.807) is 0 Å². The van der Waals surface area contributed by atoms with E-state index in [1.165, 1.54) is 0 Å². The van der Waals surface area contributed by atoms with Gasteiger partial charge in [-0.2, -0.15) is 0 Å². The van der Waals surface area contributed by atoms with Crippen LogP contribution < -0.4 is 0 Å². The van der Waals surface area contributed by atoms with Gasteiger partial charge in [0, 0.05) is 0 Å². The first kappa shape index (κ1) is 30.3. The fourth-order valence-electron chi connectivity index (χ4n) is 1.34. The Bertz CT molecular complexity index is 346. The minimum Gasteiger partial charge on any atom is -0.479 e. The third kappa shape index (κ3) is 10.6. The minimum absolute atomic E-state index is 0. The van der Waals surface area contributed by atoms with Crippen LogP contribution in [0, 0.1) is 0 Å². The van der Waals surface area contributed by atoms with Crippen molar-refractivity contribution < 1.29 is 83.1 Å². The van der Waals surface area contributed by atoms with Crippen molar-refractivity contribution >= 4 is 5.97 Å². The molecule has 14 heteroatoms. The van der Waals surface area contributed by atoms with Crippen LogP contribution in [-0.2, 0) is 21.9 Å². The maximum atomic E-state index is 10.1. The molecular weight excluding hydrogens is 408 g/mol. The van der Waals surface area contributed by atoms with Crippen molar-refractivity contribution in [2.45, 2.75) is 48.8 Å². The molecule has 0 saturated carbocycles. The molecule has 1 radical (unpaired) electrons. The molecule has 157 valence electrons. The Hall–Kier alpha value is -0.451. The van der Waals surface area contributed by atoms with Crippen LogP contribution in [0.1, 0.15) is 0 Å². The number of hydrogen-bond donors (Lipinski definition) is 12. The van der Waals surface area contributed by atoms with E-state index in [1.807, 2.05) is 0 Å². The normalized spacial score (nSPS) is 20.1. The summed E-state index contributed by atoms with van der Waals surface area (Å²) in [6.07, 6.45) is -14.2. The van der Waals surface area contributed by atoms with E-state index >= 15 is 0 Å². The molecule has 8 unspecified atom stereocenters. The molecule has 0 rings (SSSR count). The zero-order valence-electron chi connectivity index (χ0n) is 13.4. The molecule has 0 aromatic rings. The van der Waals surface area contributed by atoms with E-state index in [0.29, 0.717) is 0 Å². The van der Waals surface area contributed by atoms with Crippen molar-refractivity contribution in [2.75, 3.05) is 19.8 Å². The summed E-state index contributed by atoms with van der Waals surface area (Å²) >= 11 is 0. The first-order valence-corrected chi connectivity index (χ1v) is 6.96. The zero-order chi connectivity index (χ0) is 20.3. The quantitative estimate of drug-likeness (QED) is 0.143. The number of rotatable bonds is 10. The molecule has 0 saturated heterocycles. The third-order valence-electron chi connectivity index (χ3n) is 3.02. The predicted octanol–water partition coefficient (Wildman–Crippen LogP) is -7.08. The average molecular weight is 434 g/mol. The van der Waals surface area contributed by atoms with Crippen molar-refractivity contribution in [2.24, 2.45) is 0 Å². The molecule has 0 fully saturated rings. The van der Waals surface area contributed by atoms with Crippen LogP contribution in [0.5, 0.6) is 0 Å². The number of aliphatic carboxylic acids is 1. The van der Waals surface area contributed by atoms with Gasteiger partial charge in [0.25, 0.3) is 0 Å². The molecule has 0 spiro atoms. The summed E-state index contributed by atoms with van der Waals surface area (Å²) in [5.41, 5.74) is 0. The van der Waals surface area contributed by atoms with Gasteiger partial charge in [-0.3, -0.25) is 0 Å². The summed E-state index contributed by atoms with van der Waals surface area (Å²) in [5, 5.41) is 104. The van der Waals surface area contributed by atoms with Crippen molar-refractivity contribution in [3.63, 3.8) is 0 Å². The number of aliphatic hydroxyl groups excluding tert-OH is 11. The molecule has 12 N–H and O–H groups in total. The van der Waals surface area contributed by atoms with Crippen LogP contribution in [0.25, 0.3) is 0 Å². The Morgan fingerprint density at radius 1 is 0.577 bits per heavy atom. The van der Waals surface area contributed by atoms with Gasteiger partial charge in [-0.1, -0.05) is 0 Å². The minimum atomic E-state index is -2.20. The number of carboxylic acids is 1. The molecule has 0 aliphatic heterocycles. The van der Waals surface area contributed by atoms with Crippen LogP contribution >= 0.6 is 0 Å². The van der Waals surface area contributed by atoms with E-state index in [2.05, 4.69) is 0 Å². The molecule has 0 aromatic heterocycles. The van der Waals surface area contributed by atoms with Crippen molar-refractivity contribution in [1.82, 2.24) is 0 Å². The fourth-order valence-corrected chi connectivity index (χ4v) is 1.34. The molecule has 0 heterocycles. The van der Waals surface area contributed by atoms with Crippen LogP contribution in [-0.4, -0.2) is 136 Å². The number of aliphatic hydroxyl groups is 11. The van der Waals surface area contributed by atoms with Gasteiger partial charge < -0.3 is 61.3 Å². The van der Waals surface area contributed by atoms with E-state index in [0.717, 1.165) is 0 Å². The van der Waals surface area contributed by atoms with Crippen LogP contribution in [0.2, 0.25) is 0 Å². The van der Waals surface area contributed by atoms with Gasteiger partial charge in [-0.25, -0.2) is 4.79 Å². The van der Waals surface area contributed by atoms with Gasteiger partial charge in [0.2, 0.25) is 0 Å². The van der Waals surface area contributed by atoms with Crippen LogP contribution in [0.4, 0.5) is 0 Å². The molecular formula is C12H26FeO13+3. The predicted molar refractivity (Wildman–Crippen MR) is 76.9 cm³/mol. The summed E-state index contributed by atoms with van der Waals surface area (Å²) in [4.78, 5) is 10.1. The summed E-state index contributed by atoms with van der Waals surface area (Å²) < 4.78 is 0. The second-order valence-electron chi connectivity index (χ2n) is 5.00. The van der Waals surface area contributed by atoms with E-state index in [9.17, 15) is 4.79 Å². The number of hydrogen-bond acceptors (Lipinski definition) is 12. The van der Waals surface area contributed by atoms with E-state index in [4.69, 9.17) is 61.3 Å². The largest absolute Gasteiger partial charge is 3.00 e. The summed E-state index contributed by atoms with van der Waals surface area (Å²) in [6.45, 7) is -2.29. The molecule has 0 aliphatic carbocycles. The molecule has 13 nitrogen and oxygen atoms in total. The number of carbonyl (C=O) groups is 1. The van der Waals surface area contributed by atoms with Gasteiger partial charge in [0.15, 0.2) is 6.10 Å². The molecule has 8 atom stereocenters. The number of carboxylic acid groups (broad SMARTS) is 1. The Labute approximate surface area is 158 Å². The van der Waals surface area contributed by atoms with Gasteiger partial charge in [0.1, 0.15) is 42.7 Å². The van der Waals surface area contributed by atoms with Gasteiger partial charge >= 0.3 is 23.0 Å². The van der Waals surface area contributed by atoms with Crippen molar-refractivity contribution in [1.29, 1.82) is 0 Å². The van der Waals surface area contributed by atoms with E-state index < -0.39 is 74.6 Å². The van der Waals surface area contributed by atoms with Crippen molar-refractivity contribution in [3.05, 3.63) is 0 Å². The topological polar surface area (TPSA) is 260 Å². The first-order valence-electron chi connectivity index (χ1n) is 6.96. The summed E-state index contributed by atoms with van der Waals surface area (Å²) in [5.74, 6) is -1.73. The second kappa shape index (κ2) is 15.6. The zero-order valence-corrected chi connectivity index (χ0v) is 14.5. The SMILES string of the molecule is O=C(O)C(O)C(O)C(O)C(O)CO.OCC(O)C(O)C(O)C(O)CO.[Fe+3]. The van der Waals surface area contributed by atoms with Crippen LogP contribution in [0.3, 0.4) is 0 Å². The molecule has 26 heavy (non-hydrogen) atoms. The Morgan fingerprint density at radius 2 is 0.808 bits per heavy atom. The Kier molecular flexibility index (Phi) is 18.2. The maximum Gasteiger partial charge on any atom is 3.00 e.